The van der Waals surface area contributed by atoms with Gasteiger partial charge in [-0.2, -0.15) is 0 Å². The van der Waals surface area contributed by atoms with Crippen molar-refractivity contribution < 1.29 is 0 Å². The Hall–Kier alpha value is -1.49. The van der Waals surface area contributed by atoms with Crippen molar-refractivity contribution in [2.75, 3.05) is 5.32 Å². The summed E-state index contributed by atoms with van der Waals surface area (Å²) in [6, 6.07) is 3.96. The van der Waals surface area contributed by atoms with Crippen LogP contribution < -0.4 is 5.32 Å². The van der Waals surface area contributed by atoms with Crippen molar-refractivity contribution in [1.82, 2.24) is 15.2 Å². The quantitative estimate of drug-likeness (QED) is 0.907. The van der Waals surface area contributed by atoms with Gasteiger partial charge in [0.2, 0.25) is 5.13 Å². The number of rotatable bonds is 3. The average Bonchev–Trinajstić information content (AvgIpc) is 2.76. The van der Waals surface area contributed by atoms with Crippen LogP contribution in [0.4, 0.5) is 5.13 Å². The molecule has 2 rings (SSSR count). The Labute approximate surface area is 105 Å². The molecule has 0 saturated heterocycles. The second kappa shape index (κ2) is 4.79. The summed E-state index contributed by atoms with van der Waals surface area (Å²) in [4.78, 5) is 4.07. The lowest BCUT2D eigenvalue weighted by atomic mass is 9.98. The number of hydrogen-bond donors (Lipinski definition) is 1. The van der Waals surface area contributed by atoms with Crippen LogP contribution in [0, 0.1) is 0 Å². The molecule has 0 aliphatic rings. The van der Waals surface area contributed by atoms with Crippen molar-refractivity contribution in [1.29, 1.82) is 0 Å². The van der Waals surface area contributed by atoms with Gasteiger partial charge >= 0.3 is 0 Å². The van der Waals surface area contributed by atoms with Gasteiger partial charge in [0.15, 0.2) is 0 Å². The summed E-state index contributed by atoms with van der Waals surface area (Å²) in [7, 11) is 0. The lowest BCUT2D eigenvalue weighted by molar-refractivity contribution is 0.578. The molecule has 0 radical (unpaired) electrons. The Balaban J connectivity index is 1.99. The maximum Gasteiger partial charge on any atom is 0.205 e. The molecule has 0 spiro atoms. The topological polar surface area (TPSA) is 50.7 Å². The van der Waals surface area contributed by atoms with Gasteiger partial charge in [-0.05, 0) is 11.6 Å². The molecule has 0 aromatic carbocycles. The van der Waals surface area contributed by atoms with Gasteiger partial charge in [-0.3, -0.25) is 4.98 Å². The van der Waals surface area contributed by atoms with Crippen LogP contribution in [0.5, 0.6) is 0 Å². The van der Waals surface area contributed by atoms with Crippen LogP contribution in [-0.2, 0) is 12.0 Å². The molecular formula is C12H16N4S. The summed E-state index contributed by atoms with van der Waals surface area (Å²) in [5.41, 5.74) is 1.20. The lowest BCUT2D eigenvalue weighted by Gasteiger charge is -2.12. The molecule has 2 heterocycles. The van der Waals surface area contributed by atoms with E-state index in [9.17, 15) is 0 Å². The normalized spacial score (nSPS) is 11.5. The van der Waals surface area contributed by atoms with Crippen LogP contribution in [0.3, 0.4) is 0 Å². The molecule has 0 bridgehead atoms. The molecule has 5 heteroatoms. The second-order valence-corrected chi connectivity index (χ2v) is 5.85. The minimum atomic E-state index is 0.0614. The Morgan fingerprint density at radius 3 is 2.71 bits per heavy atom. The van der Waals surface area contributed by atoms with Crippen molar-refractivity contribution in [3.63, 3.8) is 0 Å². The van der Waals surface area contributed by atoms with E-state index >= 15 is 0 Å². The van der Waals surface area contributed by atoms with Crippen LogP contribution in [0.2, 0.25) is 0 Å². The van der Waals surface area contributed by atoms with Gasteiger partial charge in [-0.25, -0.2) is 0 Å². The zero-order chi connectivity index (χ0) is 12.3. The first-order valence-electron chi connectivity index (χ1n) is 5.52. The second-order valence-electron chi connectivity index (χ2n) is 4.88. The summed E-state index contributed by atoms with van der Waals surface area (Å²) >= 11 is 1.61. The molecule has 90 valence electrons. The van der Waals surface area contributed by atoms with Gasteiger partial charge < -0.3 is 5.32 Å². The number of aromatic nitrogens is 3. The van der Waals surface area contributed by atoms with Gasteiger partial charge in [-0.1, -0.05) is 38.2 Å². The first-order chi connectivity index (χ1) is 8.05. The number of nitrogens with one attached hydrogen (secondary N) is 1. The monoisotopic (exact) mass is 248 g/mol. The van der Waals surface area contributed by atoms with Crippen molar-refractivity contribution in [2.45, 2.75) is 32.7 Å². The summed E-state index contributed by atoms with van der Waals surface area (Å²) in [6.45, 7) is 7.14. The average molecular weight is 248 g/mol. The van der Waals surface area contributed by atoms with E-state index in [2.05, 4.69) is 41.3 Å². The molecule has 0 fully saturated rings. The van der Waals surface area contributed by atoms with Crippen LogP contribution in [-0.4, -0.2) is 15.2 Å². The Morgan fingerprint density at radius 1 is 1.29 bits per heavy atom. The van der Waals surface area contributed by atoms with Gasteiger partial charge in [0.25, 0.3) is 0 Å². The van der Waals surface area contributed by atoms with Crippen molar-refractivity contribution in [2.24, 2.45) is 0 Å². The minimum Gasteiger partial charge on any atom is -0.356 e. The summed E-state index contributed by atoms with van der Waals surface area (Å²) in [5, 5.41) is 13.5. The molecule has 0 aliphatic heterocycles. The molecule has 0 unspecified atom stereocenters. The standard InChI is InChI=1S/C12H16N4S/c1-12(2,3)10-15-16-11(17-10)14-8-9-5-4-6-13-7-9/h4-7H,8H2,1-3H3,(H,14,16). The highest BCUT2D eigenvalue weighted by molar-refractivity contribution is 7.15. The summed E-state index contributed by atoms with van der Waals surface area (Å²) in [6.07, 6.45) is 3.62. The zero-order valence-electron chi connectivity index (χ0n) is 10.3. The van der Waals surface area contributed by atoms with Crippen molar-refractivity contribution in [3.8, 4) is 0 Å². The van der Waals surface area contributed by atoms with E-state index in [0.717, 1.165) is 22.2 Å². The smallest absolute Gasteiger partial charge is 0.205 e. The Bertz CT molecular complexity index is 473. The van der Waals surface area contributed by atoms with E-state index in [-0.39, 0.29) is 5.41 Å². The Kier molecular flexibility index (Phi) is 3.38. The fourth-order valence-corrected chi connectivity index (χ4v) is 2.08. The molecule has 0 atom stereocenters. The predicted octanol–water partition coefficient (Wildman–Crippen LogP) is 2.84. The number of pyridine rings is 1. The van der Waals surface area contributed by atoms with Crippen LogP contribution in [0.1, 0.15) is 31.3 Å². The lowest BCUT2D eigenvalue weighted by Crippen LogP contribution is -2.10. The maximum absolute atomic E-state index is 4.19. The van der Waals surface area contributed by atoms with Crippen molar-refractivity contribution in [3.05, 3.63) is 35.1 Å². The van der Waals surface area contributed by atoms with E-state index in [0.29, 0.717) is 0 Å². The van der Waals surface area contributed by atoms with Gasteiger partial charge in [0.1, 0.15) is 5.01 Å². The van der Waals surface area contributed by atoms with Gasteiger partial charge in [0.05, 0.1) is 0 Å². The van der Waals surface area contributed by atoms with E-state index < -0.39 is 0 Å². The maximum atomic E-state index is 4.19. The van der Waals surface area contributed by atoms with E-state index in [4.69, 9.17) is 0 Å². The van der Waals surface area contributed by atoms with Gasteiger partial charge in [-0.15, -0.1) is 10.2 Å². The fraction of sp³-hybridized carbons (Fsp3) is 0.417. The van der Waals surface area contributed by atoms with Crippen molar-refractivity contribution >= 4 is 16.5 Å². The molecule has 4 nitrogen and oxygen atoms in total. The molecule has 2 aromatic heterocycles. The van der Waals surface area contributed by atoms with Crippen LogP contribution in [0.15, 0.2) is 24.5 Å². The highest BCUT2D eigenvalue weighted by atomic mass is 32.1. The largest absolute Gasteiger partial charge is 0.356 e. The van der Waals surface area contributed by atoms with Crippen LogP contribution in [0.25, 0.3) is 0 Å². The number of anilines is 1. The SMILES string of the molecule is CC(C)(C)c1nnc(NCc2cccnc2)s1. The van der Waals surface area contributed by atoms with E-state index in [1.54, 1.807) is 17.5 Å². The highest BCUT2D eigenvalue weighted by Crippen LogP contribution is 2.27. The molecule has 2 aromatic rings. The molecular weight excluding hydrogens is 232 g/mol. The first-order valence-corrected chi connectivity index (χ1v) is 6.34. The first kappa shape index (κ1) is 12.0. The third kappa shape index (κ3) is 3.23. The third-order valence-electron chi connectivity index (χ3n) is 2.23. The molecule has 0 aliphatic carbocycles. The number of hydrogen-bond acceptors (Lipinski definition) is 5. The Morgan fingerprint density at radius 2 is 2.12 bits per heavy atom. The summed E-state index contributed by atoms with van der Waals surface area (Å²) < 4.78 is 0. The molecule has 0 amide bonds. The number of nitrogens with zero attached hydrogens (tertiary/aromatic N) is 3. The fourth-order valence-electron chi connectivity index (χ4n) is 1.28. The third-order valence-corrected chi connectivity index (χ3v) is 3.54. The molecule has 0 saturated carbocycles. The molecule has 1 N–H and O–H groups in total. The summed E-state index contributed by atoms with van der Waals surface area (Å²) in [5.74, 6) is 0. The van der Waals surface area contributed by atoms with Crippen LogP contribution >= 0.6 is 11.3 Å². The van der Waals surface area contributed by atoms with Gasteiger partial charge in [0, 0.05) is 24.4 Å². The minimum absolute atomic E-state index is 0.0614. The molecule has 17 heavy (non-hydrogen) atoms. The predicted molar refractivity (Wildman–Crippen MR) is 70.2 cm³/mol. The van der Waals surface area contributed by atoms with E-state index in [1.807, 2.05) is 18.3 Å². The zero-order valence-corrected chi connectivity index (χ0v) is 11.1. The van der Waals surface area contributed by atoms with E-state index in [1.165, 1.54) is 0 Å². The highest BCUT2D eigenvalue weighted by Gasteiger charge is 2.19.